The van der Waals surface area contributed by atoms with Crippen LogP contribution in [0.25, 0.3) is 0 Å². The number of hydrogen-bond acceptors (Lipinski definition) is 4. The normalized spacial score (nSPS) is 12.6. The minimum atomic E-state index is -0.722. The minimum Gasteiger partial charge on any atom is -0.444 e. The Labute approximate surface area is 118 Å². The monoisotopic (exact) mass is 282 g/mol. The Morgan fingerprint density at radius 2 is 1.95 bits per heavy atom. The van der Waals surface area contributed by atoms with Crippen molar-refractivity contribution in [3.05, 3.63) is 30.1 Å². The van der Waals surface area contributed by atoms with Gasteiger partial charge in [0.2, 0.25) is 5.12 Å². The number of rotatable bonds is 4. The number of ether oxygens (including phenoxy) is 1. The fourth-order valence-electron chi connectivity index (χ4n) is 1.40. The molecule has 0 fully saturated rings. The largest absolute Gasteiger partial charge is 0.444 e. The van der Waals surface area contributed by atoms with E-state index in [9.17, 15) is 9.59 Å². The maximum atomic E-state index is 11.6. The van der Waals surface area contributed by atoms with E-state index >= 15 is 0 Å². The molecule has 6 heteroatoms. The molecular weight excluding hydrogens is 264 g/mol. The summed E-state index contributed by atoms with van der Waals surface area (Å²) >= 11 is 3.78. The minimum absolute atomic E-state index is 0.351. The Bertz CT molecular complexity index is 443. The van der Waals surface area contributed by atoms with E-state index in [1.165, 1.54) is 0 Å². The standard InChI is InChI=1S/C13H18N2O3S/c1-13(2,3)18-12(17)15-10(11(16)19)8-9-4-6-14-7-5-9/h4-7,10H,8H2,1-3H3,(H,15,17)(H,16,19)/t10-/m0/s1. The van der Waals surface area contributed by atoms with Gasteiger partial charge in [0.05, 0.1) is 0 Å². The molecule has 104 valence electrons. The summed E-state index contributed by atoms with van der Waals surface area (Å²) in [7, 11) is 0. The number of carbonyl (C=O) groups excluding carboxylic acids is 2. The zero-order valence-corrected chi connectivity index (χ0v) is 12.1. The number of alkyl carbamates (subject to hydrolysis) is 1. The molecule has 1 heterocycles. The molecule has 1 aromatic rings. The molecule has 0 aliphatic heterocycles. The number of amides is 1. The molecule has 0 saturated heterocycles. The zero-order chi connectivity index (χ0) is 14.5. The van der Waals surface area contributed by atoms with Crippen molar-refractivity contribution < 1.29 is 14.3 Å². The van der Waals surface area contributed by atoms with E-state index in [0.29, 0.717) is 6.42 Å². The first-order valence-corrected chi connectivity index (χ1v) is 6.34. The zero-order valence-electron chi connectivity index (χ0n) is 11.2. The molecule has 0 unspecified atom stereocenters. The van der Waals surface area contributed by atoms with Crippen LogP contribution in [0.2, 0.25) is 0 Å². The van der Waals surface area contributed by atoms with Gasteiger partial charge in [-0.1, -0.05) is 0 Å². The molecule has 19 heavy (non-hydrogen) atoms. The predicted molar refractivity (Wildman–Crippen MR) is 75.1 cm³/mol. The van der Waals surface area contributed by atoms with Crippen molar-refractivity contribution in [2.45, 2.75) is 38.8 Å². The average Bonchev–Trinajstić information content (AvgIpc) is 2.26. The summed E-state index contributed by atoms with van der Waals surface area (Å²) in [6, 6.07) is 2.83. The van der Waals surface area contributed by atoms with Crippen LogP contribution in [-0.2, 0) is 16.0 Å². The number of pyridine rings is 1. The van der Waals surface area contributed by atoms with E-state index in [1.807, 2.05) is 0 Å². The maximum absolute atomic E-state index is 11.6. The van der Waals surface area contributed by atoms with Crippen molar-refractivity contribution in [3.8, 4) is 0 Å². The highest BCUT2D eigenvalue weighted by Gasteiger charge is 2.22. The van der Waals surface area contributed by atoms with Crippen molar-refractivity contribution >= 4 is 23.8 Å². The van der Waals surface area contributed by atoms with Crippen LogP contribution in [0.3, 0.4) is 0 Å². The van der Waals surface area contributed by atoms with E-state index in [2.05, 4.69) is 22.9 Å². The van der Waals surface area contributed by atoms with Gasteiger partial charge in [0, 0.05) is 18.8 Å². The van der Waals surface area contributed by atoms with Gasteiger partial charge >= 0.3 is 6.09 Å². The quantitative estimate of drug-likeness (QED) is 0.829. The molecule has 0 bridgehead atoms. The SMILES string of the molecule is CC(C)(C)OC(=O)N[C@@H](Cc1ccncc1)C(=O)S. The summed E-state index contributed by atoms with van der Waals surface area (Å²) in [6.45, 7) is 5.27. The molecule has 0 spiro atoms. The van der Waals surface area contributed by atoms with Crippen molar-refractivity contribution in [2.75, 3.05) is 0 Å². The van der Waals surface area contributed by atoms with Crippen LogP contribution in [0.5, 0.6) is 0 Å². The highest BCUT2D eigenvalue weighted by Crippen LogP contribution is 2.09. The number of hydrogen-bond donors (Lipinski definition) is 2. The molecule has 1 atom stereocenters. The molecule has 5 nitrogen and oxygen atoms in total. The Balaban J connectivity index is 2.64. The van der Waals surface area contributed by atoms with Gasteiger partial charge in [-0.2, -0.15) is 0 Å². The smallest absolute Gasteiger partial charge is 0.408 e. The lowest BCUT2D eigenvalue weighted by molar-refractivity contribution is -0.112. The Hall–Kier alpha value is -1.56. The van der Waals surface area contributed by atoms with Crippen molar-refractivity contribution in [3.63, 3.8) is 0 Å². The summed E-state index contributed by atoms with van der Waals surface area (Å²) < 4.78 is 5.11. The fourth-order valence-corrected chi connectivity index (χ4v) is 1.56. The van der Waals surface area contributed by atoms with Gasteiger partial charge in [-0.05, 0) is 38.5 Å². The first-order valence-electron chi connectivity index (χ1n) is 5.89. The third kappa shape index (κ3) is 6.24. The third-order valence-corrected chi connectivity index (χ3v) is 2.49. The van der Waals surface area contributed by atoms with Gasteiger partial charge in [0.1, 0.15) is 11.6 Å². The third-order valence-electron chi connectivity index (χ3n) is 2.18. The maximum Gasteiger partial charge on any atom is 0.408 e. The van der Waals surface area contributed by atoms with E-state index in [0.717, 1.165) is 5.56 Å². The average molecular weight is 282 g/mol. The van der Waals surface area contributed by atoms with Crippen LogP contribution < -0.4 is 5.32 Å². The molecular formula is C13H18N2O3S. The molecule has 1 rings (SSSR count). The van der Waals surface area contributed by atoms with Crippen LogP contribution >= 0.6 is 12.6 Å². The predicted octanol–water partition coefficient (Wildman–Crippen LogP) is 1.97. The van der Waals surface area contributed by atoms with Gasteiger partial charge in [0.25, 0.3) is 0 Å². The first kappa shape index (κ1) is 15.5. The molecule has 1 N–H and O–H groups in total. The van der Waals surface area contributed by atoms with Crippen molar-refractivity contribution in [1.29, 1.82) is 0 Å². The Morgan fingerprint density at radius 3 is 2.42 bits per heavy atom. The van der Waals surface area contributed by atoms with Gasteiger partial charge in [-0.15, -0.1) is 12.6 Å². The molecule has 1 aromatic heterocycles. The Kier molecular flexibility index (Phi) is 5.35. The summed E-state index contributed by atoms with van der Waals surface area (Å²) in [5, 5.41) is 2.10. The molecule has 0 aliphatic carbocycles. The molecule has 0 radical (unpaired) electrons. The highest BCUT2D eigenvalue weighted by molar-refractivity contribution is 7.96. The lowest BCUT2D eigenvalue weighted by Gasteiger charge is -2.22. The summed E-state index contributed by atoms with van der Waals surface area (Å²) in [5.74, 6) is 0. The van der Waals surface area contributed by atoms with Gasteiger partial charge in [-0.3, -0.25) is 9.78 Å². The van der Waals surface area contributed by atoms with Crippen LogP contribution in [0, 0.1) is 0 Å². The van der Waals surface area contributed by atoms with E-state index in [1.54, 1.807) is 45.3 Å². The van der Waals surface area contributed by atoms with Crippen molar-refractivity contribution in [1.82, 2.24) is 10.3 Å². The number of aromatic nitrogens is 1. The van der Waals surface area contributed by atoms with Gasteiger partial charge < -0.3 is 10.1 Å². The second kappa shape index (κ2) is 6.56. The summed E-state index contributed by atoms with van der Waals surface area (Å²) in [4.78, 5) is 27.0. The van der Waals surface area contributed by atoms with Crippen LogP contribution in [0.4, 0.5) is 4.79 Å². The van der Waals surface area contributed by atoms with Gasteiger partial charge in [-0.25, -0.2) is 4.79 Å². The van der Waals surface area contributed by atoms with Gasteiger partial charge in [0.15, 0.2) is 0 Å². The molecule has 0 saturated carbocycles. The second-order valence-corrected chi connectivity index (χ2v) is 5.54. The lowest BCUT2D eigenvalue weighted by Crippen LogP contribution is -2.43. The van der Waals surface area contributed by atoms with Crippen molar-refractivity contribution in [2.24, 2.45) is 0 Å². The molecule has 1 amide bonds. The summed E-state index contributed by atoms with van der Waals surface area (Å²) in [5.41, 5.74) is 0.281. The topological polar surface area (TPSA) is 68.3 Å². The lowest BCUT2D eigenvalue weighted by atomic mass is 10.1. The number of carbonyl (C=O) groups is 2. The van der Waals surface area contributed by atoms with E-state index in [4.69, 9.17) is 4.74 Å². The molecule has 0 aromatic carbocycles. The number of nitrogens with one attached hydrogen (secondary N) is 1. The van der Waals surface area contributed by atoms with Crippen LogP contribution in [0.1, 0.15) is 26.3 Å². The van der Waals surface area contributed by atoms with Crippen LogP contribution in [0.15, 0.2) is 24.5 Å². The molecule has 0 aliphatic rings. The summed E-state index contributed by atoms with van der Waals surface area (Å²) in [6.07, 6.45) is 2.98. The second-order valence-electron chi connectivity index (χ2n) is 5.10. The number of nitrogens with zero attached hydrogens (tertiary/aromatic N) is 1. The highest BCUT2D eigenvalue weighted by atomic mass is 32.1. The first-order chi connectivity index (χ1) is 8.78. The van der Waals surface area contributed by atoms with E-state index in [-0.39, 0.29) is 0 Å². The number of thiol groups is 1. The van der Waals surface area contributed by atoms with Crippen LogP contribution in [-0.4, -0.2) is 27.8 Å². The van der Waals surface area contributed by atoms with E-state index < -0.39 is 22.9 Å². The fraction of sp³-hybridized carbons (Fsp3) is 0.462. The Morgan fingerprint density at radius 1 is 1.37 bits per heavy atom.